The van der Waals surface area contributed by atoms with Crippen molar-refractivity contribution in [3.05, 3.63) is 24.3 Å². The van der Waals surface area contributed by atoms with Crippen molar-refractivity contribution in [1.29, 1.82) is 0 Å². The molecule has 2 fully saturated rings. The zero-order valence-electron chi connectivity index (χ0n) is 7.23. The highest BCUT2D eigenvalue weighted by molar-refractivity contribution is 8.00. The Labute approximate surface area is 81.4 Å². The van der Waals surface area contributed by atoms with Crippen molar-refractivity contribution in [3.63, 3.8) is 0 Å². The summed E-state index contributed by atoms with van der Waals surface area (Å²) in [6.07, 6.45) is 3.46. The third-order valence-electron chi connectivity index (χ3n) is 2.95. The fourth-order valence-corrected chi connectivity index (χ4v) is 3.28. The number of nitrogens with zero attached hydrogens (tertiary/aromatic N) is 2. The maximum atomic E-state index is 4.30. The Bertz CT molecular complexity index is 304. The number of rotatable bonds is 1. The lowest BCUT2D eigenvalue weighted by atomic mass is 9.74. The molecule has 3 nitrogen and oxygen atoms in total. The second kappa shape index (κ2) is 2.69. The van der Waals surface area contributed by atoms with Crippen LogP contribution in [0.1, 0.15) is 11.7 Å². The van der Waals surface area contributed by atoms with Gasteiger partial charge in [0.05, 0.1) is 11.7 Å². The molecule has 1 unspecified atom stereocenters. The Morgan fingerprint density at radius 1 is 1.54 bits per heavy atom. The first-order chi connectivity index (χ1) is 6.41. The lowest BCUT2D eigenvalue weighted by Gasteiger charge is -2.55. The minimum Gasteiger partial charge on any atom is -0.307 e. The predicted molar refractivity (Wildman–Crippen MR) is 52.5 cm³/mol. The fourth-order valence-electron chi connectivity index (χ4n) is 2.02. The van der Waals surface area contributed by atoms with Crippen LogP contribution >= 0.6 is 11.8 Å². The maximum absolute atomic E-state index is 4.30. The molecule has 0 radical (unpaired) electrons. The van der Waals surface area contributed by atoms with E-state index in [1.54, 1.807) is 6.33 Å². The zero-order chi connectivity index (χ0) is 8.73. The van der Waals surface area contributed by atoms with Crippen LogP contribution in [0.4, 0.5) is 0 Å². The highest BCUT2D eigenvalue weighted by Gasteiger charge is 2.52. The number of hydrogen-bond acceptors (Lipinski definition) is 4. The van der Waals surface area contributed by atoms with Crippen molar-refractivity contribution >= 4 is 11.8 Å². The molecule has 1 spiro atoms. The molecule has 3 heterocycles. The van der Waals surface area contributed by atoms with E-state index in [1.807, 2.05) is 24.0 Å². The van der Waals surface area contributed by atoms with Gasteiger partial charge in [-0.3, -0.25) is 0 Å². The Morgan fingerprint density at radius 3 is 2.92 bits per heavy atom. The van der Waals surface area contributed by atoms with E-state index in [0.717, 1.165) is 12.2 Å². The minimum atomic E-state index is 0.483. The molecule has 1 aromatic rings. The van der Waals surface area contributed by atoms with Gasteiger partial charge in [-0.15, -0.1) is 0 Å². The standard InChI is InChI=1S/C9H11N3S/c1-2-10-6-12-7(1)8-9(3-11-8)4-13-5-9/h1-2,6,8,11H,3-5H2. The quantitative estimate of drug-likeness (QED) is 0.717. The second-order valence-electron chi connectivity index (χ2n) is 3.80. The highest BCUT2D eigenvalue weighted by Crippen LogP contribution is 2.51. The van der Waals surface area contributed by atoms with Crippen LogP contribution in [0.5, 0.6) is 0 Å². The summed E-state index contributed by atoms with van der Waals surface area (Å²) in [4.78, 5) is 8.23. The number of nitrogens with one attached hydrogen (secondary N) is 1. The normalized spacial score (nSPS) is 29.4. The summed E-state index contributed by atoms with van der Waals surface area (Å²) in [6, 6.07) is 2.50. The van der Waals surface area contributed by atoms with Gasteiger partial charge in [0, 0.05) is 29.7 Å². The molecule has 13 heavy (non-hydrogen) atoms. The van der Waals surface area contributed by atoms with E-state index in [2.05, 4.69) is 15.3 Å². The molecule has 0 bridgehead atoms. The smallest absolute Gasteiger partial charge is 0.115 e. The molecule has 4 heteroatoms. The molecule has 0 amide bonds. The molecule has 68 valence electrons. The van der Waals surface area contributed by atoms with Crippen molar-refractivity contribution in [1.82, 2.24) is 15.3 Å². The molecular formula is C9H11N3S. The third-order valence-corrected chi connectivity index (χ3v) is 4.51. The molecule has 2 aliphatic heterocycles. The summed E-state index contributed by atoms with van der Waals surface area (Å²) in [5.74, 6) is 2.57. The highest BCUT2D eigenvalue weighted by atomic mass is 32.2. The van der Waals surface area contributed by atoms with Crippen LogP contribution in [0.3, 0.4) is 0 Å². The summed E-state index contributed by atoms with van der Waals surface area (Å²) in [6.45, 7) is 1.16. The molecule has 2 saturated heterocycles. The van der Waals surface area contributed by atoms with Crippen LogP contribution in [0.15, 0.2) is 18.6 Å². The Morgan fingerprint density at radius 2 is 2.46 bits per heavy atom. The van der Waals surface area contributed by atoms with Gasteiger partial charge in [0.1, 0.15) is 6.33 Å². The van der Waals surface area contributed by atoms with Gasteiger partial charge >= 0.3 is 0 Å². The average Bonchev–Trinajstić information content (AvgIpc) is 2.01. The Hall–Kier alpha value is -0.610. The summed E-state index contributed by atoms with van der Waals surface area (Å²) < 4.78 is 0. The van der Waals surface area contributed by atoms with E-state index in [-0.39, 0.29) is 0 Å². The predicted octanol–water partition coefficient (Wildman–Crippen LogP) is 0.854. The van der Waals surface area contributed by atoms with Crippen LogP contribution in [0, 0.1) is 5.41 Å². The van der Waals surface area contributed by atoms with E-state index in [4.69, 9.17) is 0 Å². The van der Waals surface area contributed by atoms with Gasteiger partial charge in [0.2, 0.25) is 0 Å². The van der Waals surface area contributed by atoms with Crippen LogP contribution in [-0.2, 0) is 0 Å². The van der Waals surface area contributed by atoms with Crippen LogP contribution in [0.25, 0.3) is 0 Å². The summed E-state index contributed by atoms with van der Waals surface area (Å²) in [5, 5.41) is 3.45. The monoisotopic (exact) mass is 193 g/mol. The zero-order valence-corrected chi connectivity index (χ0v) is 8.05. The van der Waals surface area contributed by atoms with Gasteiger partial charge in [-0.25, -0.2) is 9.97 Å². The van der Waals surface area contributed by atoms with Crippen LogP contribution < -0.4 is 5.32 Å². The lowest BCUT2D eigenvalue weighted by Crippen LogP contribution is -2.63. The summed E-state index contributed by atoms with van der Waals surface area (Å²) in [5.41, 5.74) is 1.68. The second-order valence-corrected chi connectivity index (χ2v) is 4.79. The van der Waals surface area contributed by atoms with Crippen molar-refractivity contribution in [2.75, 3.05) is 18.1 Å². The molecule has 0 aromatic carbocycles. The first-order valence-electron chi connectivity index (χ1n) is 4.48. The first kappa shape index (κ1) is 7.76. The van der Waals surface area contributed by atoms with Gasteiger partial charge in [-0.1, -0.05) is 0 Å². The Kier molecular flexibility index (Phi) is 1.60. The average molecular weight is 193 g/mol. The summed E-state index contributed by atoms with van der Waals surface area (Å²) >= 11 is 2.03. The third kappa shape index (κ3) is 1.02. The van der Waals surface area contributed by atoms with E-state index >= 15 is 0 Å². The van der Waals surface area contributed by atoms with Crippen molar-refractivity contribution in [2.45, 2.75) is 6.04 Å². The first-order valence-corrected chi connectivity index (χ1v) is 5.63. The summed E-state index contributed by atoms with van der Waals surface area (Å²) in [7, 11) is 0. The number of aromatic nitrogens is 2. The van der Waals surface area contributed by atoms with Gasteiger partial charge in [-0.2, -0.15) is 11.8 Å². The molecule has 3 rings (SSSR count). The topological polar surface area (TPSA) is 37.8 Å². The SMILES string of the molecule is c1cc(C2NCC23CSC3)ncn1. The van der Waals surface area contributed by atoms with E-state index in [0.29, 0.717) is 11.5 Å². The molecule has 1 aromatic heterocycles. The molecule has 1 N–H and O–H groups in total. The van der Waals surface area contributed by atoms with E-state index in [1.165, 1.54) is 11.5 Å². The lowest BCUT2D eigenvalue weighted by molar-refractivity contribution is 0.122. The number of thioether (sulfide) groups is 1. The van der Waals surface area contributed by atoms with Crippen molar-refractivity contribution in [3.8, 4) is 0 Å². The molecule has 0 saturated carbocycles. The van der Waals surface area contributed by atoms with E-state index in [9.17, 15) is 0 Å². The molecular weight excluding hydrogens is 182 g/mol. The fraction of sp³-hybridized carbons (Fsp3) is 0.556. The Balaban J connectivity index is 1.87. The van der Waals surface area contributed by atoms with Crippen molar-refractivity contribution < 1.29 is 0 Å². The van der Waals surface area contributed by atoms with Gasteiger partial charge in [-0.05, 0) is 6.07 Å². The van der Waals surface area contributed by atoms with Crippen molar-refractivity contribution in [2.24, 2.45) is 5.41 Å². The molecule has 1 atom stereocenters. The minimum absolute atomic E-state index is 0.483. The van der Waals surface area contributed by atoms with E-state index < -0.39 is 0 Å². The van der Waals surface area contributed by atoms with Gasteiger partial charge in [0.25, 0.3) is 0 Å². The number of hydrogen-bond donors (Lipinski definition) is 1. The molecule has 2 aliphatic rings. The van der Waals surface area contributed by atoms with Crippen LogP contribution in [-0.4, -0.2) is 28.0 Å². The maximum Gasteiger partial charge on any atom is 0.115 e. The van der Waals surface area contributed by atoms with Gasteiger partial charge < -0.3 is 5.32 Å². The van der Waals surface area contributed by atoms with Crippen LogP contribution in [0.2, 0.25) is 0 Å². The van der Waals surface area contributed by atoms with Gasteiger partial charge in [0.15, 0.2) is 0 Å². The molecule has 0 aliphatic carbocycles. The largest absolute Gasteiger partial charge is 0.307 e.